The normalized spacial score (nSPS) is 19.0. The highest BCUT2D eigenvalue weighted by Crippen LogP contribution is 2.18. The van der Waals surface area contributed by atoms with Crippen molar-refractivity contribution in [2.75, 3.05) is 19.8 Å². The van der Waals surface area contributed by atoms with Crippen molar-refractivity contribution >= 4 is 23.7 Å². The highest BCUT2D eigenvalue weighted by Gasteiger charge is 2.37. The van der Waals surface area contributed by atoms with Crippen LogP contribution in [0.5, 0.6) is 0 Å². The Bertz CT molecular complexity index is 756. The lowest BCUT2D eigenvalue weighted by Gasteiger charge is -2.28. The number of hydrogen-bond donors (Lipinski definition) is 7. The summed E-state index contributed by atoms with van der Waals surface area (Å²) in [6.45, 7) is -1.10. The zero-order chi connectivity index (χ0) is 22.3. The number of amides is 3. The Morgan fingerprint density at radius 1 is 1.23 bits per heavy atom. The molecule has 13 heteroatoms. The lowest BCUT2D eigenvalue weighted by atomic mass is 10.1. The van der Waals surface area contributed by atoms with Crippen molar-refractivity contribution in [1.29, 1.82) is 0 Å². The van der Waals surface area contributed by atoms with Gasteiger partial charge in [0.25, 0.3) is 0 Å². The summed E-state index contributed by atoms with van der Waals surface area (Å²) in [5.41, 5.74) is 6.08. The molecule has 2 rings (SSSR count). The van der Waals surface area contributed by atoms with E-state index in [1.165, 1.54) is 17.4 Å². The van der Waals surface area contributed by atoms with Gasteiger partial charge in [0.15, 0.2) is 0 Å². The minimum atomic E-state index is -1.54. The molecule has 1 saturated heterocycles. The van der Waals surface area contributed by atoms with E-state index in [9.17, 15) is 19.2 Å². The highest BCUT2D eigenvalue weighted by molar-refractivity contribution is 5.94. The molecule has 0 aliphatic carbocycles. The summed E-state index contributed by atoms with van der Waals surface area (Å²) in [5.74, 6) is -3.43. The van der Waals surface area contributed by atoms with Gasteiger partial charge in [-0.3, -0.25) is 14.4 Å². The van der Waals surface area contributed by atoms with E-state index in [0.29, 0.717) is 18.5 Å². The van der Waals surface area contributed by atoms with Crippen LogP contribution in [0.2, 0.25) is 0 Å². The number of imidazole rings is 1. The van der Waals surface area contributed by atoms with Gasteiger partial charge in [0.1, 0.15) is 24.2 Å². The second kappa shape index (κ2) is 10.7. The first-order chi connectivity index (χ1) is 14.3. The van der Waals surface area contributed by atoms with Crippen molar-refractivity contribution in [3.8, 4) is 0 Å². The second-order valence-corrected chi connectivity index (χ2v) is 6.90. The fraction of sp³-hybridized carbons (Fsp3) is 0.588. The number of carbonyl (C=O) groups excluding carboxylic acids is 3. The number of aromatic amines is 1. The molecule has 4 atom stereocenters. The summed E-state index contributed by atoms with van der Waals surface area (Å²) in [4.78, 5) is 56.7. The van der Waals surface area contributed by atoms with Crippen molar-refractivity contribution < 1.29 is 34.5 Å². The first kappa shape index (κ1) is 23.3. The molecule has 1 aliphatic rings. The van der Waals surface area contributed by atoms with Gasteiger partial charge in [0, 0.05) is 24.9 Å². The maximum atomic E-state index is 12.8. The molecule has 8 N–H and O–H groups in total. The predicted octanol–water partition coefficient (Wildman–Crippen LogP) is -3.69. The molecular weight excluding hydrogens is 400 g/mol. The number of carboxylic acids is 1. The van der Waals surface area contributed by atoms with Crippen LogP contribution < -0.4 is 16.4 Å². The minimum Gasteiger partial charge on any atom is -0.480 e. The number of hydrogen-bond acceptors (Lipinski definition) is 8. The first-order valence-electron chi connectivity index (χ1n) is 9.37. The van der Waals surface area contributed by atoms with Crippen LogP contribution in [0.15, 0.2) is 12.5 Å². The molecule has 30 heavy (non-hydrogen) atoms. The van der Waals surface area contributed by atoms with Gasteiger partial charge < -0.3 is 41.6 Å². The van der Waals surface area contributed by atoms with E-state index in [2.05, 4.69) is 20.6 Å². The van der Waals surface area contributed by atoms with Crippen LogP contribution in [0.4, 0.5) is 0 Å². The number of carbonyl (C=O) groups is 4. The van der Waals surface area contributed by atoms with Crippen LogP contribution in [0.3, 0.4) is 0 Å². The molecule has 4 unspecified atom stereocenters. The number of H-pyrrole nitrogens is 1. The standard InChI is InChI=1S/C17H26N6O7/c18-10(6-24)16(28)23-3-1-2-13(23)15(27)21-11(4-9-5-19-8-20-9)14(26)22-12(7-25)17(29)30/h5,8,10-13,24-25H,1-4,6-7,18H2,(H,19,20)(H,21,27)(H,22,26)(H,29,30). The molecule has 1 aromatic rings. The van der Waals surface area contributed by atoms with Gasteiger partial charge in [0.05, 0.1) is 19.5 Å². The number of aliphatic carboxylic acids is 1. The van der Waals surface area contributed by atoms with E-state index < -0.39 is 61.1 Å². The Hall–Kier alpha value is -3.03. The van der Waals surface area contributed by atoms with Crippen LogP contribution >= 0.6 is 0 Å². The van der Waals surface area contributed by atoms with Crippen LogP contribution in [0, 0.1) is 0 Å². The summed E-state index contributed by atoms with van der Waals surface area (Å²) in [6.07, 6.45) is 3.70. The monoisotopic (exact) mass is 426 g/mol. The van der Waals surface area contributed by atoms with Gasteiger partial charge in [-0.2, -0.15) is 0 Å². The number of aromatic nitrogens is 2. The van der Waals surface area contributed by atoms with E-state index in [1.807, 2.05) is 0 Å². The van der Waals surface area contributed by atoms with Gasteiger partial charge in [-0.1, -0.05) is 0 Å². The molecule has 0 aromatic carbocycles. The number of nitrogens with two attached hydrogens (primary N) is 1. The van der Waals surface area contributed by atoms with Crippen molar-refractivity contribution in [3.63, 3.8) is 0 Å². The molecule has 3 amide bonds. The minimum absolute atomic E-state index is 0.0217. The first-order valence-corrected chi connectivity index (χ1v) is 9.37. The summed E-state index contributed by atoms with van der Waals surface area (Å²) in [5, 5.41) is 32.0. The number of nitrogens with one attached hydrogen (secondary N) is 3. The van der Waals surface area contributed by atoms with Gasteiger partial charge in [-0.05, 0) is 12.8 Å². The zero-order valence-corrected chi connectivity index (χ0v) is 16.2. The highest BCUT2D eigenvalue weighted by atomic mass is 16.4. The quantitative estimate of drug-likeness (QED) is 0.196. The lowest BCUT2D eigenvalue weighted by Crippen LogP contribution is -2.57. The summed E-state index contributed by atoms with van der Waals surface area (Å²) in [6, 6.07) is -4.75. The smallest absolute Gasteiger partial charge is 0.328 e. The van der Waals surface area contributed by atoms with Crippen LogP contribution in [0.25, 0.3) is 0 Å². The largest absolute Gasteiger partial charge is 0.480 e. The number of nitrogens with zero attached hydrogens (tertiary/aromatic N) is 2. The maximum absolute atomic E-state index is 12.8. The summed E-state index contributed by atoms with van der Waals surface area (Å²) < 4.78 is 0. The van der Waals surface area contributed by atoms with Crippen molar-refractivity contribution in [3.05, 3.63) is 18.2 Å². The Morgan fingerprint density at radius 3 is 2.53 bits per heavy atom. The van der Waals surface area contributed by atoms with Crippen LogP contribution in [-0.4, -0.2) is 97.8 Å². The Balaban J connectivity index is 2.14. The third-order valence-electron chi connectivity index (χ3n) is 4.76. The third-order valence-corrected chi connectivity index (χ3v) is 4.76. The van der Waals surface area contributed by atoms with E-state index >= 15 is 0 Å². The fourth-order valence-corrected chi connectivity index (χ4v) is 3.15. The van der Waals surface area contributed by atoms with Crippen LogP contribution in [-0.2, 0) is 25.6 Å². The average molecular weight is 426 g/mol. The number of carboxylic acid groups (broad SMARTS) is 1. The van der Waals surface area contributed by atoms with Crippen molar-refractivity contribution in [2.45, 2.75) is 43.4 Å². The van der Waals surface area contributed by atoms with Gasteiger partial charge in [-0.25, -0.2) is 9.78 Å². The maximum Gasteiger partial charge on any atom is 0.328 e. The molecule has 166 valence electrons. The number of aliphatic hydroxyl groups is 2. The second-order valence-electron chi connectivity index (χ2n) is 6.90. The average Bonchev–Trinajstić information content (AvgIpc) is 3.41. The molecule has 0 radical (unpaired) electrons. The number of likely N-dealkylation sites (tertiary alicyclic amines) is 1. The Morgan fingerprint density at radius 2 is 1.97 bits per heavy atom. The Kier molecular flexibility index (Phi) is 8.26. The fourth-order valence-electron chi connectivity index (χ4n) is 3.15. The molecule has 1 aromatic heterocycles. The van der Waals surface area contributed by atoms with Gasteiger partial charge in [-0.15, -0.1) is 0 Å². The molecule has 0 saturated carbocycles. The van der Waals surface area contributed by atoms with Crippen molar-refractivity contribution in [1.82, 2.24) is 25.5 Å². The van der Waals surface area contributed by atoms with E-state index in [0.717, 1.165) is 0 Å². The number of rotatable bonds is 10. The summed E-state index contributed by atoms with van der Waals surface area (Å²) in [7, 11) is 0. The van der Waals surface area contributed by atoms with E-state index in [4.69, 9.17) is 21.1 Å². The molecule has 2 heterocycles. The molecular formula is C17H26N6O7. The van der Waals surface area contributed by atoms with E-state index in [1.54, 1.807) is 0 Å². The lowest BCUT2D eigenvalue weighted by molar-refractivity contribution is -0.144. The zero-order valence-electron chi connectivity index (χ0n) is 16.2. The topological polar surface area (TPSA) is 211 Å². The predicted molar refractivity (Wildman–Crippen MR) is 101 cm³/mol. The Labute approximate surface area is 171 Å². The molecule has 13 nitrogen and oxygen atoms in total. The van der Waals surface area contributed by atoms with Crippen molar-refractivity contribution in [2.24, 2.45) is 5.73 Å². The molecule has 1 aliphatic heterocycles. The summed E-state index contributed by atoms with van der Waals surface area (Å²) >= 11 is 0. The molecule has 0 bridgehead atoms. The number of aliphatic hydroxyl groups excluding tert-OH is 2. The molecule has 1 fully saturated rings. The van der Waals surface area contributed by atoms with E-state index in [-0.39, 0.29) is 13.0 Å². The van der Waals surface area contributed by atoms with Gasteiger partial charge in [0.2, 0.25) is 17.7 Å². The molecule has 0 spiro atoms. The third kappa shape index (κ3) is 5.75. The van der Waals surface area contributed by atoms with Gasteiger partial charge >= 0.3 is 5.97 Å². The SMILES string of the molecule is NC(CO)C(=O)N1CCCC1C(=O)NC(Cc1cnc[nH]1)C(=O)NC(CO)C(=O)O. The van der Waals surface area contributed by atoms with Crippen LogP contribution in [0.1, 0.15) is 18.5 Å².